The van der Waals surface area contributed by atoms with Crippen molar-refractivity contribution >= 4 is 16.1 Å². The van der Waals surface area contributed by atoms with Crippen LogP contribution >= 0.6 is 0 Å². The number of nitrogens with zero attached hydrogens (tertiary/aromatic N) is 4. The van der Waals surface area contributed by atoms with Crippen molar-refractivity contribution in [1.29, 1.82) is 0 Å². The average Bonchev–Trinajstić information content (AvgIpc) is 2.85. The molecule has 2 heterocycles. The Morgan fingerprint density at radius 3 is 2.48 bits per heavy atom. The van der Waals surface area contributed by atoms with Gasteiger partial charge in [0.1, 0.15) is 0 Å². The summed E-state index contributed by atoms with van der Waals surface area (Å²) in [6, 6.07) is 5.61. The molecule has 0 atom stereocenters. The molecule has 0 saturated carbocycles. The molecule has 0 radical (unpaired) electrons. The Labute approximate surface area is 122 Å². The van der Waals surface area contributed by atoms with Gasteiger partial charge in [0.05, 0.1) is 18.6 Å². The summed E-state index contributed by atoms with van der Waals surface area (Å²) in [6.45, 7) is 0.448. The highest BCUT2D eigenvalue weighted by atomic mass is 32.2. The largest absolute Gasteiger partial charge is 0.370 e. The molecule has 114 valence electrons. The number of nitrogens with two attached hydrogens (primary N) is 2. The number of guanidine groups is 1. The fourth-order valence-corrected chi connectivity index (χ4v) is 1.67. The van der Waals surface area contributed by atoms with Gasteiger partial charge in [-0.2, -0.15) is 8.42 Å². The van der Waals surface area contributed by atoms with Crippen LogP contribution in [-0.4, -0.2) is 33.5 Å². The Morgan fingerprint density at radius 2 is 2.10 bits per heavy atom. The van der Waals surface area contributed by atoms with Crippen LogP contribution in [0.3, 0.4) is 0 Å². The summed E-state index contributed by atoms with van der Waals surface area (Å²) in [7, 11) is -2.50. The van der Waals surface area contributed by atoms with E-state index >= 15 is 0 Å². The van der Waals surface area contributed by atoms with Gasteiger partial charge in [0.15, 0.2) is 11.0 Å². The molecule has 0 bridgehead atoms. The quantitative estimate of drug-likeness (QED) is 0.393. The van der Waals surface area contributed by atoms with Gasteiger partial charge in [0.25, 0.3) is 0 Å². The maximum atomic E-state index is 10.3. The number of hydrogen-bond acceptors (Lipinski definition) is 5. The van der Waals surface area contributed by atoms with Crippen molar-refractivity contribution in [1.82, 2.24) is 14.5 Å². The van der Waals surface area contributed by atoms with E-state index in [0.717, 1.165) is 5.69 Å². The van der Waals surface area contributed by atoms with Crippen LogP contribution in [0, 0.1) is 0 Å². The first-order valence-electron chi connectivity index (χ1n) is 5.70. The monoisotopic (exact) mass is 312 g/mol. The van der Waals surface area contributed by atoms with Crippen molar-refractivity contribution in [3.05, 3.63) is 42.6 Å². The minimum atomic E-state index is -4.11. The normalized spacial score (nSPS) is 10.4. The highest BCUT2D eigenvalue weighted by molar-refractivity contribution is 7.85. The minimum absolute atomic E-state index is 0.0932. The SMILES string of the molecule is Cn1cnc(S(=O)(=O)O)c1.NC(N)=NCc1ccccn1. The zero-order chi connectivity index (χ0) is 15.9. The second-order valence-electron chi connectivity index (χ2n) is 3.91. The Bertz CT molecular complexity index is 692. The summed E-state index contributed by atoms with van der Waals surface area (Å²) in [5.41, 5.74) is 11.1. The van der Waals surface area contributed by atoms with E-state index in [1.54, 1.807) is 13.2 Å². The van der Waals surface area contributed by atoms with E-state index in [-0.39, 0.29) is 11.0 Å². The molecule has 9 nitrogen and oxygen atoms in total. The first-order valence-corrected chi connectivity index (χ1v) is 7.14. The third-order valence-corrected chi connectivity index (χ3v) is 2.83. The van der Waals surface area contributed by atoms with E-state index in [1.807, 2.05) is 18.2 Å². The standard InChI is InChI=1S/C7H10N4.C4H6N2O3S/c8-7(9)11-5-6-3-1-2-4-10-6;1-6-2-4(5-3-6)10(7,8)9/h1-4H,5H2,(H4,8,9,11);2-3H,1H3,(H,7,8,9). The fraction of sp³-hybridized carbons (Fsp3) is 0.182. The molecular weight excluding hydrogens is 296 g/mol. The van der Waals surface area contributed by atoms with E-state index < -0.39 is 10.1 Å². The maximum absolute atomic E-state index is 10.3. The third kappa shape index (κ3) is 6.49. The zero-order valence-electron chi connectivity index (χ0n) is 11.3. The summed E-state index contributed by atoms with van der Waals surface area (Å²) < 4.78 is 30.5. The number of aliphatic imine (C=N–C) groups is 1. The number of aryl methyl sites for hydroxylation is 1. The summed E-state index contributed by atoms with van der Waals surface area (Å²) in [5.74, 6) is 0.0932. The number of pyridine rings is 1. The van der Waals surface area contributed by atoms with Crippen LogP contribution < -0.4 is 11.5 Å². The van der Waals surface area contributed by atoms with E-state index in [0.29, 0.717) is 6.54 Å². The van der Waals surface area contributed by atoms with E-state index in [1.165, 1.54) is 17.1 Å². The van der Waals surface area contributed by atoms with Crippen LogP contribution in [0.15, 0.2) is 46.9 Å². The highest BCUT2D eigenvalue weighted by Gasteiger charge is 2.11. The van der Waals surface area contributed by atoms with Crippen molar-refractivity contribution in [2.75, 3.05) is 0 Å². The number of hydrogen-bond donors (Lipinski definition) is 3. The predicted molar refractivity (Wildman–Crippen MR) is 76.8 cm³/mol. The average molecular weight is 312 g/mol. The molecule has 0 aliphatic rings. The molecular formula is C11H16N6O3S. The van der Waals surface area contributed by atoms with Crippen molar-refractivity contribution in [3.8, 4) is 0 Å². The van der Waals surface area contributed by atoms with Gasteiger partial charge >= 0.3 is 10.1 Å². The lowest BCUT2D eigenvalue weighted by molar-refractivity contribution is 0.479. The molecule has 0 aromatic carbocycles. The van der Waals surface area contributed by atoms with Gasteiger partial charge in [-0.05, 0) is 12.1 Å². The topological polar surface area (TPSA) is 149 Å². The van der Waals surface area contributed by atoms with Gasteiger partial charge in [-0.3, -0.25) is 9.54 Å². The van der Waals surface area contributed by atoms with Crippen molar-refractivity contribution < 1.29 is 13.0 Å². The number of aromatic nitrogens is 3. The van der Waals surface area contributed by atoms with Gasteiger partial charge in [0.2, 0.25) is 0 Å². The minimum Gasteiger partial charge on any atom is -0.370 e. The second-order valence-corrected chi connectivity index (χ2v) is 5.28. The highest BCUT2D eigenvalue weighted by Crippen LogP contribution is 2.01. The number of rotatable bonds is 3. The van der Waals surface area contributed by atoms with Crippen LogP contribution in [0.25, 0.3) is 0 Å². The number of imidazole rings is 1. The molecule has 0 fully saturated rings. The molecule has 2 aromatic heterocycles. The molecule has 0 saturated heterocycles. The van der Waals surface area contributed by atoms with Crippen molar-refractivity contribution in [2.45, 2.75) is 11.6 Å². The first kappa shape index (κ1) is 16.6. The molecule has 0 aliphatic heterocycles. The van der Waals surface area contributed by atoms with Gasteiger partial charge in [-0.25, -0.2) is 9.98 Å². The van der Waals surface area contributed by atoms with E-state index in [2.05, 4.69) is 15.0 Å². The van der Waals surface area contributed by atoms with Crippen molar-refractivity contribution in [3.63, 3.8) is 0 Å². The molecule has 21 heavy (non-hydrogen) atoms. The van der Waals surface area contributed by atoms with Crippen LogP contribution in [-0.2, 0) is 23.7 Å². The summed E-state index contributed by atoms with van der Waals surface area (Å²) in [5, 5.41) is -0.324. The Morgan fingerprint density at radius 1 is 1.38 bits per heavy atom. The van der Waals surface area contributed by atoms with Gasteiger partial charge in [0, 0.05) is 19.4 Å². The lowest BCUT2D eigenvalue weighted by atomic mass is 10.3. The van der Waals surface area contributed by atoms with Crippen LogP contribution in [0.1, 0.15) is 5.69 Å². The second kappa shape index (κ2) is 7.36. The zero-order valence-corrected chi connectivity index (χ0v) is 12.1. The molecule has 0 aliphatic carbocycles. The van der Waals surface area contributed by atoms with Gasteiger partial charge in [-0.1, -0.05) is 6.07 Å². The molecule has 2 aromatic rings. The van der Waals surface area contributed by atoms with E-state index in [4.69, 9.17) is 16.0 Å². The van der Waals surface area contributed by atoms with Crippen LogP contribution in [0.4, 0.5) is 0 Å². The van der Waals surface area contributed by atoms with Crippen molar-refractivity contribution in [2.24, 2.45) is 23.5 Å². The predicted octanol–water partition coefficient (Wildman–Crippen LogP) is -0.478. The van der Waals surface area contributed by atoms with Crippen LogP contribution in [0.2, 0.25) is 0 Å². The first-order chi connectivity index (χ1) is 9.79. The Balaban J connectivity index is 0.000000211. The third-order valence-electron chi connectivity index (χ3n) is 2.10. The van der Waals surface area contributed by atoms with E-state index in [9.17, 15) is 8.42 Å². The molecule has 5 N–H and O–H groups in total. The summed E-state index contributed by atoms with van der Waals surface area (Å²) >= 11 is 0. The van der Waals surface area contributed by atoms with Crippen LogP contribution in [0.5, 0.6) is 0 Å². The molecule has 2 rings (SSSR count). The fourth-order valence-electron chi connectivity index (χ4n) is 1.19. The molecule has 0 spiro atoms. The summed E-state index contributed by atoms with van der Waals surface area (Å²) in [4.78, 5) is 11.2. The smallest absolute Gasteiger partial charge is 0.313 e. The molecule has 0 amide bonds. The maximum Gasteiger partial charge on any atom is 0.313 e. The van der Waals surface area contributed by atoms with Gasteiger partial charge < -0.3 is 16.0 Å². The molecule has 0 unspecified atom stereocenters. The lowest BCUT2D eigenvalue weighted by Gasteiger charge is -1.93. The Hall–Kier alpha value is -2.46. The summed E-state index contributed by atoms with van der Waals surface area (Å²) in [6.07, 6.45) is 4.22. The Kier molecular flexibility index (Phi) is 5.81. The van der Waals surface area contributed by atoms with Gasteiger partial charge in [-0.15, -0.1) is 0 Å². The molecule has 10 heteroatoms. The lowest BCUT2D eigenvalue weighted by Crippen LogP contribution is -2.22.